The second-order valence-corrected chi connectivity index (χ2v) is 13.8. The summed E-state index contributed by atoms with van der Waals surface area (Å²) in [7, 11) is 0. The molecule has 3 aliphatic heterocycles. The molecule has 0 radical (unpaired) electrons. The molecular formula is C40H51ClN10O6. The number of carbonyl (C=O) groups excluding carboxylic acids is 4. The average molecular weight is 803 g/mol. The molecule has 2 aromatic heterocycles. The van der Waals surface area contributed by atoms with Gasteiger partial charge in [-0.1, -0.05) is 43.5 Å². The summed E-state index contributed by atoms with van der Waals surface area (Å²) in [6.45, 7) is 5.14. The third kappa shape index (κ3) is 11.7. The molecule has 1 atom stereocenters. The summed E-state index contributed by atoms with van der Waals surface area (Å²) in [5, 5.41) is 18.2. The van der Waals surface area contributed by atoms with Crippen LogP contribution in [0.1, 0.15) is 58.3 Å². The lowest BCUT2D eigenvalue weighted by molar-refractivity contribution is -0.135. The number of imide groups is 1. The summed E-state index contributed by atoms with van der Waals surface area (Å²) in [4.78, 5) is 49.9. The number of halogens is 1. The van der Waals surface area contributed by atoms with E-state index in [4.69, 9.17) is 20.9 Å². The van der Waals surface area contributed by atoms with Crippen LogP contribution in [-0.4, -0.2) is 99.8 Å². The van der Waals surface area contributed by atoms with Crippen molar-refractivity contribution < 1.29 is 28.7 Å². The van der Waals surface area contributed by atoms with Crippen LogP contribution in [-0.2, 0) is 19.2 Å². The molecule has 5 heterocycles. The Bertz CT molecular complexity index is 1950. The van der Waals surface area contributed by atoms with Crippen molar-refractivity contribution in [2.24, 2.45) is 5.73 Å². The third-order valence-electron chi connectivity index (χ3n) is 9.66. The third-order valence-corrected chi connectivity index (χ3v) is 9.66. The Morgan fingerprint density at radius 3 is 2.37 bits per heavy atom. The minimum Gasteiger partial charge on any atom is -0.490 e. The van der Waals surface area contributed by atoms with Crippen LogP contribution in [0, 0.1) is 0 Å². The van der Waals surface area contributed by atoms with E-state index in [-0.39, 0.29) is 23.5 Å². The second-order valence-electron chi connectivity index (χ2n) is 13.8. The molecule has 1 saturated carbocycles. The van der Waals surface area contributed by atoms with Gasteiger partial charge in [0.2, 0.25) is 17.7 Å². The number of alkyl halides is 1. The zero-order chi connectivity index (χ0) is 40.7. The van der Waals surface area contributed by atoms with E-state index in [0.717, 1.165) is 31.1 Å². The number of ether oxygens (including phenoxy) is 2. The number of benzene rings is 2. The van der Waals surface area contributed by atoms with Gasteiger partial charge in [-0.25, -0.2) is 9.48 Å². The molecule has 57 heavy (non-hydrogen) atoms. The van der Waals surface area contributed by atoms with Crippen molar-refractivity contribution in [3.05, 3.63) is 67.0 Å². The standard InChI is InChI=1S/C26H32N8O3.C8H9NO.C5H7NO2.CH3Cl/c1-17(27)26(36)37-23-10-6-5-9-20(23)21-13-22(25(28)31-30-21)34-15-19(14-29-34)33-12-11-32(16-24(33)35)18-7-3-2-4-8-18;1-2-4-8-7(3-1)9-5-6-10-8;7-4-2-1-3-5(8)6-4;1-2/h5-6,9-10,13-15,17-18H,2-4,7-8,11-12,16,27H2,1H3,(H2,28,31);1-4,9H,5-6H2;1-3H2,(H,6,7,8);1H3. The van der Waals surface area contributed by atoms with E-state index in [9.17, 15) is 19.2 Å². The number of anilines is 3. The molecule has 2 saturated heterocycles. The number of nitrogens with one attached hydrogen (secondary N) is 2. The molecule has 2 aromatic carbocycles. The summed E-state index contributed by atoms with van der Waals surface area (Å²) < 4.78 is 12.4. The van der Waals surface area contributed by atoms with E-state index < -0.39 is 12.0 Å². The van der Waals surface area contributed by atoms with Crippen molar-refractivity contribution >= 4 is 52.5 Å². The first-order valence-electron chi connectivity index (χ1n) is 19.1. The lowest BCUT2D eigenvalue weighted by Gasteiger charge is -2.39. The van der Waals surface area contributed by atoms with Crippen molar-refractivity contribution in [2.45, 2.75) is 70.4 Å². The molecule has 16 nitrogen and oxygen atoms in total. The van der Waals surface area contributed by atoms with Crippen LogP contribution in [0.5, 0.6) is 11.5 Å². The normalized spacial score (nSPS) is 17.3. The predicted molar refractivity (Wildman–Crippen MR) is 218 cm³/mol. The van der Waals surface area contributed by atoms with Crippen molar-refractivity contribution in [3.63, 3.8) is 0 Å². The van der Waals surface area contributed by atoms with Gasteiger partial charge in [-0.05, 0) is 56.5 Å². The minimum atomic E-state index is -0.768. The highest BCUT2D eigenvalue weighted by atomic mass is 35.5. The Morgan fingerprint density at radius 1 is 0.965 bits per heavy atom. The monoisotopic (exact) mass is 802 g/mol. The van der Waals surface area contributed by atoms with E-state index in [1.165, 1.54) is 38.5 Å². The van der Waals surface area contributed by atoms with Gasteiger partial charge in [0.1, 0.15) is 29.8 Å². The number of nitrogens with two attached hydrogens (primary N) is 2. The van der Waals surface area contributed by atoms with Gasteiger partial charge in [0.05, 0.1) is 36.0 Å². The van der Waals surface area contributed by atoms with Crippen LogP contribution in [0.2, 0.25) is 0 Å². The Kier molecular flexibility index (Phi) is 15.7. The Labute approximate surface area is 337 Å². The number of aromatic nitrogens is 4. The highest BCUT2D eigenvalue weighted by Crippen LogP contribution is 2.32. The summed E-state index contributed by atoms with van der Waals surface area (Å²) in [5.74, 6) is 0.703. The topological polar surface area (TPSA) is 213 Å². The van der Waals surface area contributed by atoms with Gasteiger partial charge in [0.25, 0.3) is 0 Å². The summed E-state index contributed by atoms with van der Waals surface area (Å²) in [6, 6.07) is 16.4. The number of para-hydroxylation sites is 3. The second kappa shape index (κ2) is 21.1. The molecule has 3 amide bonds. The van der Waals surface area contributed by atoms with Gasteiger partial charge in [0, 0.05) is 50.5 Å². The summed E-state index contributed by atoms with van der Waals surface area (Å²) in [5.41, 5.74) is 15.1. The number of rotatable bonds is 6. The van der Waals surface area contributed by atoms with E-state index in [2.05, 4.69) is 42.4 Å². The molecule has 17 heteroatoms. The highest BCUT2D eigenvalue weighted by molar-refractivity contribution is 6.15. The highest BCUT2D eigenvalue weighted by Gasteiger charge is 2.31. The number of piperidine rings is 1. The quantitative estimate of drug-likeness (QED) is 0.0928. The van der Waals surface area contributed by atoms with Crippen LogP contribution in [0.25, 0.3) is 16.9 Å². The maximum Gasteiger partial charge on any atom is 0.328 e. The molecule has 6 N–H and O–H groups in total. The number of hydrogen-bond acceptors (Lipinski definition) is 13. The molecule has 0 bridgehead atoms. The molecule has 0 spiro atoms. The van der Waals surface area contributed by atoms with Gasteiger partial charge >= 0.3 is 5.97 Å². The molecule has 1 unspecified atom stereocenters. The van der Waals surface area contributed by atoms with Crippen molar-refractivity contribution in [1.82, 2.24) is 30.2 Å². The number of carbonyl (C=O) groups is 4. The largest absolute Gasteiger partial charge is 0.490 e. The van der Waals surface area contributed by atoms with Crippen molar-refractivity contribution in [3.8, 4) is 28.4 Å². The first-order chi connectivity index (χ1) is 27.7. The van der Waals surface area contributed by atoms with Gasteiger partial charge in [-0.15, -0.1) is 21.8 Å². The smallest absolute Gasteiger partial charge is 0.328 e. The van der Waals surface area contributed by atoms with E-state index in [0.29, 0.717) is 66.8 Å². The molecule has 304 valence electrons. The Balaban J connectivity index is 0.000000251. The predicted octanol–water partition coefficient (Wildman–Crippen LogP) is 4.30. The van der Waals surface area contributed by atoms with Crippen LogP contribution < -0.4 is 36.5 Å². The fraction of sp³-hybridized carbons (Fsp3) is 0.425. The summed E-state index contributed by atoms with van der Waals surface area (Å²) in [6.07, 6.45) is 12.8. The number of amides is 3. The van der Waals surface area contributed by atoms with Crippen LogP contribution >= 0.6 is 11.6 Å². The number of piperazine rings is 1. The molecule has 1 aliphatic carbocycles. The van der Waals surface area contributed by atoms with E-state index >= 15 is 0 Å². The number of nitrogens with zero attached hydrogens (tertiary/aromatic N) is 6. The molecular weight excluding hydrogens is 752 g/mol. The van der Waals surface area contributed by atoms with E-state index in [1.807, 2.05) is 24.3 Å². The van der Waals surface area contributed by atoms with Crippen LogP contribution in [0.15, 0.2) is 67.0 Å². The Morgan fingerprint density at radius 2 is 1.68 bits per heavy atom. The molecule has 4 aromatic rings. The van der Waals surface area contributed by atoms with Gasteiger partial charge in [-0.2, -0.15) is 5.10 Å². The zero-order valence-corrected chi connectivity index (χ0v) is 33.1. The number of esters is 1. The Hall–Kier alpha value is -5.58. The molecule has 8 rings (SSSR count). The number of hydrogen-bond donors (Lipinski definition) is 4. The zero-order valence-electron chi connectivity index (χ0n) is 32.4. The van der Waals surface area contributed by atoms with Gasteiger partial charge in [-0.3, -0.25) is 24.6 Å². The van der Waals surface area contributed by atoms with Gasteiger partial charge < -0.3 is 31.2 Å². The minimum absolute atomic E-state index is 0.0720. The van der Waals surface area contributed by atoms with Gasteiger partial charge in [0.15, 0.2) is 5.82 Å². The first-order valence-corrected chi connectivity index (χ1v) is 19.9. The van der Waals surface area contributed by atoms with Crippen LogP contribution in [0.3, 0.4) is 0 Å². The molecule has 3 fully saturated rings. The lowest BCUT2D eigenvalue weighted by atomic mass is 9.94. The van der Waals surface area contributed by atoms with E-state index in [1.54, 1.807) is 59.2 Å². The number of fused-ring (bicyclic) bond motifs is 1. The lowest BCUT2D eigenvalue weighted by Crippen LogP contribution is -2.54. The fourth-order valence-electron chi connectivity index (χ4n) is 6.76. The fourth-order valence-corrected chi connectivity index (χ4v) is 6.76. The maximum absolute atomic E-state index is 13.0. The maximum atomic E-state index is 13.0. The number of nitrogen functional groups attached to an aromatic ring is 1. The molecule has 4 aliphatic rings. The average Bonchev–Trinajstić information content (AvgIpc) is 3.72. The van der Waals surface area contributed by atoms with Crippen molar-refractivity contribution in [2.75, 3.05) is 55.1 Å². The summed E-state index contributed by atoms with van der Waals surface area (Å²) >= 11 is 4.64. The SMILES string of the molecule is CC(N)C(=O)Oc1ccccc1-c1cc(-n2cc(N3CCN(C4CCCCC4)CC3=O)cn2)c(N)nn1.CCl.O=C1CCCC(=O)N1.c1ccc2c(c1)NCCO2. The van der Waals surface area contributed by atoms with Crippen LogP contribution in [0.4, 0.5) is 17.2 Å². The first kappa shape index (κ1) is 42.6. The van der Waals surface area contributed by atoms with Crippen molar-refractivity contribution in [1.29, 1.82) is 0 Å².